The Labute approximate surface area is 61.1 Å². The second kappa shape index (κ2) is 3.52. The number of Topliss-reactive ketones (excluding diaryl/α,β-unsaturated/α-hetero) is 1. The van der Waals surface area contributed by atoms with Gasteiger partial charge in [0.25, 0.3) is 0 Å². The van der Waals surface area contributed by atoms with Gasteiger partial charge in [0.1, 0.15) is 5.78 Å². The van der Waals surface area contributed by atoms with E-state index < -0.39 is 0 Å². The van der Waals surface area contributed by atoms with Gasteiger partial charge in [0.05, 0.1) is 6.54 Å². The molecule has 0 amide bonds. The van der Waals surface area contributed by atoms with Crippen LogP contribution in [0.15, 0.2) is 11.6 Å². The highest BCUT2D eigenvalue weighted by atomic mass is 16.1. The Hall–Kier alpha value is -0.630. The van der Waals surface area contributed by atoms with Gasteiger partial charge in [-0.15, -0.1) is 0 Å². The average Bonchev–Trinajstić information content (AvgIpc) is 2.40. The van der Waals surface area contributed by atoms with Crippen molar-refractivity contribution in [2.75, 3.05) is 6.54 Å². The molecule has 2 N–H and O–H groups in total. The second-order valence-electron chi connectivity index (χ2n) is 2.67. The predicted molar refractivity (Wildman–Crippen MR) is 40.6 cm³/mol. The second-order valence-corrected chi connectivity index (χ2v) is 2.67. The van der Waals surface area contributed by atoms with E-state index in [1.54, 1.807) is 0 Å². The molecule has 10 heavy (non-hydrogen) atoms. The summed E-state index contributed by atoms with van der Waals surface area (Å²) in [6.45, 7) is 0.192. The number of nitrogens with two attached hydrogens (primary N) is 1. The number of hydrogen-bond acceptors (Lipinski definition) is 2. The molecule has 1 rings (SSSR count). The van der Waals surface area contributed by atoms with E-state index in [1.807, 2.05) is 0 Å². The van der Waals surface area contributed by atoms with E-state index in [0.717, 1.165) is 12.8 Å². The summed E-state index contributed by atoms with van der Waals surface area (Å²) in [5, 5.41) is 0. The highest BCUT2D eigenvalue weighted by molar-refractivity contribution is 5.82. The molecule has 0 aliphatic heterocycles. The normalized spacial score (nSPS) is 17.1. The van der Waals surface area contributed by atoms with Crippen LogP contribution < -0.4 is 5.73 Å². The number of rotatable bonds is 3. The molecule has 2 nitrogen and oxygen atoms in total. The monoisotopic (exact) mass is 139 g/mol. The van der Waals surface area contributed by atoms with Gasteiger partial charge in [0.15, 0.2) is 0 Å². The molecule has 0 aromatic rings. The fourth-order valence-electron chi connectivity index (χ4n) is 1.22. The third-order valence-electron chi connectivity index (χ3n) is 1.79. The molecule has 0 atom stereocenters. The van der Waals surface area contributed by atoms with Crippen LogP contribution in [-0.4, -0.2) is 12.3 Å². The lowest BCUT2D eigenvalue weighted by Crippen LogP contribution is -2.13. The largest absolute Gasteiger partial charge is 0.324 e. The molecule has 0 heterocycles. The highest BCUT2D eigenvalue weighted by Gasteiger charge is 2.07. The fraction of sp³-hybridized carbons (Fsp3) is 0.625. The van der Waals surface area contributed by atoms with Crippen molar-refractivity contribution in [3.05, 3.63) is 11.6 Å². The minimum atomic E-state index is 0.160. The SMILES string of the molecule is NCC(=O)CC1=CCCC1. The molecule has 1 aliphatic rings. The van der Waals surface area contributed by atoms with Crippen molar-refractivity contribution in [1.82, 2.24) is 0 Å². The first-order valence-corrected chi connectivity index (χ1v) is 3.72. The lowest BCUT2D eigenvalue weighted by molar-refractivity contribution is -0.117. The molecule has 56 valence electrons. The Bertz CT molecular complexity index is 161. The van der Waals surface area contributed by atoms with Crippen molar-refractivity contribution < 1.29 is 4.79 Å². The first-order chi connectivity index (χ1) is 4.83. The Morgan fingerprint density at radius 3 is 3.00 bits per heavy atom. The number of hydrogen-bond donors (Lipinski definition) is 1. The van der Waals surface area contributed by atoms with Crippen LogP contribution in [0.1, 0.15) is 25.7 Å². The Morgan fingerprint density at radius 1 is 1.70 bits per heavy atom. The molecule has 0 bridgehead atoms. The Balaban J connectivity index is 2.30. The van der Waals surface area contributed by atoms with Crippen molar-refractivity contribution in [2.24, 2.45) is 5.73 Å². The number of carbonyl (C=O) groups excluding carboxylic acids is 1. The minimum Gasteiger partial charge on any atom is -0.324 e. The molecule has 0 unspecified atom stereocenters. The number of allylic oxidation sites excluding steroid dienone is 2. The molecular formula is C8H13NO. The lowest BCUT2D eigenvalue weighted by atomic mass is 10.1. The van der Waals surface area contributed by atoms with Gasteiger partial charge < -0.3 is 5.73 Å². The molecule has 0 saturated carbocycles. The van der Waals surface area contributed by atoms with Gasteiger partial charge in [-0.3, -0.25) is 4.79 Å². The van der Waals surface area contributed by atoms with Crippen molar-refractivity contribution in [2.45, 2.75) is 25.7 Å². The van der Waals surface area contributed by atoms with E-state index in [2.05, 4.69) is 6.08 Å². The van der Waals surface area contributed by atoms with E-state index in [1.165, 1.54) is 12.0 Å². The molecule has 0 aromatic heterocycles. The van der Waals surface area contributed by atoms with Crippen LogP contribution >= 0.6 is 0 Å². The van der Waals surface area contributed by atoms with Crippen molar-refractivity contribution in [3.8, 4) is 0 Å². The summed E-state index contributed by atoms with van der Waals surface area (Å²) in [6.07, 6.45) is 6.22. The van der Waals surface area contributed by atoms with Crippen LogP contribution in [0, 0.1) is 0 Å². The first-order valence-electron chi connectivity index (χ1n) is 3.72. The zero-order chi connectivity index (χ0) is 7.40. The van der Waals surface area contributed by atoms with E-state index in [0.29, 0.717) is 6.42 Å². The van der Waals surface area contributed by atoms with Crippen molar-refractivity contribution >= 4 is 5.78 Å². The maximum absolute atomic E-state index is 10.8. The van der Waals surface area contributed by atoms with Gasteiger partial charge in [-0.1, -0.05) is 11.6 Å². The maximum Gasteiger partial charge on any atom is 0.150 e. The third kappa shape index (κ3) is 1.95. The summed E-state index contributed by atoms with van der Waals surface area (Å²) in [6, 6.07) is 0. The summed E-state index contributed by atoms with van der Waals surface area (Å²) in [5.41, 5.74) is 6.46. The van der Waals surface area contributed by atoms with Crippen LogP contribution in [0.4, 0.5) is 0 Å². The average molecular weight is 139 g/mol. The van der Waals surface area contributed by atoms with E-state index >= 15 is 0 Å². The van der Waals surface area contributed by atoms with Crippen molar-refractivity contribution in [3.63, 3.8) is 0 Å². The molecule has 0 aromatic carbocycles. The van der Waals surface area contributed by atoms with Crippen LogP contribution in [-0.2, 0) is 4.79 Å². The molecule has 0 spiro atoms. The Morgan fingerprint density at radius 2 is 2.50 bits per heavy atom. The van der Waals surface area contributed by atoms with Crippen LogP contribution in [0.3, 0.4) is 0 Å². The zero-order valence-corrected chi connectivity index (χ0v) is 6.10. The predicted octanol–water partition coefficient (Wildman–Crippen LogP) is 1.01. The Kier molecular flexibility index (Phi) is 2.63. The van der Waals surface area contributed by atoms with Gasteiger partial charge in [-0.2, -0.15) is 0 Å². The molecule has 2 heteroatoms. The van der Waals surface area contributed by atoms with E-state index in [-0.39, 0.29) is 12.3 Å². The zero-order valence-electron chi connectivity index (χ0n) is 6.10. The molecule has 0 radical (unpaired) electrons. The standard InChI is InChI=1S/C8H13NO/c9-6-8(10)5-7-3-1-2-4-7/h3H,1-2,4-6,9H2. The minimum absolute atomic E-state index is 0.160. The quantitative estimate of drug-likeness (QED) is 0.593. The van der Waals surface area contributed by atoms with Crippen LogP contribution in [0.25, 0.3) is 0 Å². The molecule has 0 fully saturated rings. The maximum atomic E-state index is 10.8. The van der Waals surface area contributed by atoms with Gasteiger partial charge >= 0.3 is 0 Å². The summed E-state index contributed by atoms with van der Waals surface area (Å²) in [7, 11) is 0. The lowest BCUT2D eigenvalue weighted by Gasteiger charge is -1.96. The topological polar surface area (TPSA) is 43.1 Å². The van der Waals surface area contributed by atoms with Gasteiger partial charge in [-0.25, -0.2) is 0 Å². The van der Waals surface area contributed by atoms with E-state index in [9.17, 15) is 4.79 Å². The smallest absolute Gasteiger partial charge is 0.150 e. The molecular weight excluding hydrogens is 126 g/mol. The first kappa shape index (κ1) is 7.48. The number of ketones is 1. The number of carbonyl (C=O) groups is 1. The van der Waals surface area contributed by atoms with E-state index in [4.69, 9.17) is 5.73 Å². The van der Waals surface area contributed by atoms with Crippen LogP contribution in [0.2, 0.25) is 0 Å². The van der Waals surface area contributed by atoms with Gasteiger partial charge in [0, 0.05) is 6.42 Å². The molecule has 0 saturated heterocycles. The van der Waals surface area contributed by atoms with Crippen molar-refractivity contribution in [1.29, 1.82) is 0 Å². The highest BCUT2D eigenvalue weighted by Crippen LogP contribution is 2.20. The van der Waals surface area contributed by atoms with Gasteiger partial charge in [-0.05, 0) is 19.3 Å². The molecule has 1 aliphatic carbocycles. The van der Waals surface area contributed by atoms with Crippen LogP contribution in [0.5, 0.6) is 0 Å². The summed E-state index contributed by atoms with van der Waals surface area (Å²) >= 11 is 0. The third-order valence-corrected chi connectivity index (χ3v) is 1.79. The van der Waals surface area contributed by atoms with Gasteiger partial charge in [0.2, 0.25) is 0 Å². The fourth-order valence-corrected chi connectivity index (χ4v) is 1.22. The summed E-state index contributed by atoms with van der Waals surface area (Å²) in [5.74, 6) is 0.160. The summed E-state index contributed by atoms with van der Waals surface area (Å²) < 4.78 is 0. The summed E-state index contributed by atoms with van der Waals surface area (Å²) in [4.78, 5) is 10.8.